The number of halogens is 1. The number of nitrogens with two attached hydrogens (primary N) is 1. The molecule has 0 amide bonds. The van der Waals surface area contributed by atoms with Gasteiger partial charge in [0.2, 0.25) is 0 Å². The van der Waals surface area contributed by atoms with E-state index in [4.69, 9.17) is 5.73 Å². The van der Waals surface area contributed by atoms with E-state index in [0.29, 0.717) is 0 Å². The standard InChI is InChI=1S/C14H10BrN/c15-13-3-1-2-10-5-4-9-6-7-11(16)8-12(9)14(10)13/h1-8H,16H2. The molecule has 3 aromatic carbocycles. The normalized spacial score (nSPS) is 11.1. The smallest absolute Gasteiger partial charge is 0.0320 e. The Hall–Kier alpha value is -1.54. The fourth-order valence-electron chi connectivity index (χ4n) is 2.08. The Balaban J connectivity index is 2.61. The van der Waals surface area contributed by atoms with Crippen LogP contribution in [0, 0.1) is 0 Å². The van der Waals surface area contributed by atoms with Gasteiger partial charge in [-0.2, -0.15) is 0 Å². The quantitative estimate of drug-likeness (QED) is 0.478. The molecule has 1 nitrogen and oxygen atoms in total. The molecule has 0 atom stereocenters. The summed E-state index contributed by atoms with van der Waals surface area (Å²) < 4.78 is 1.11. The van der Waals surface area contributed by atoms with Gasteiger partial charge in [-0.25, -0.2) is 0 Å². The van der Waals surface area contributed by atoms with Gasteiger partial charge < -0.3 is 5.73 Å². The minimum absolute atomic E-state index is 0.802. The van der Waals surface area contributed by atoms with Crippen molar-refractivity contribution in [1.29, 1.82) is 0 Å². The molecule has 0 saturated heterocycles. The molecule has 0 fully saturated rings. The van der Waals surface area contributed by atoms with E-state index in [1.165, 1.54) is 21.5 Å². The van der Waals surface area contributed by atoms with Crippen molar-refractivity contribution in [2.24, 2.45) is 0 Å². The van der Waals surface area contributed by atoms with Crippen molar-refractivity contribution in [2.45, 2.75) is 0 Å². The highest BCUT2D eigenvalue weighted by Crippen LogP contribution is 2.32. The summed E-state index contributed by atoms with van der Waals surface area (Å²) >= 11 is 3.60. The molecule has 0 radical (unpaired) electrons. The highest BCUT2D eigenvalue weighted by Gasteiger charge is 2.03. The fourth-order valence-corrected chi connectivity index (χ4v) is 2.67. The maximum Gasteiger partial charge on any atom is 0.0320 e. The highest BCUT2D eigenvalue weighted by atomic mass is 79.9. The van der Waals surface area contributed by atoms with Crippen LogP contribution in [-0.2, 0) is 0 Å². The Morgan fingerprint density at radius 3 is 2.50 bits per heavy atom. The first-order valence-electron chi connectivity index (χ1n) is 5.12. The Labute approximate surface area is 102 Å². The third-order valence-corrected chi connectivity index (χ3v) is 3.50. The predicted molar refractivity (Wildman–Crippen MR) is 73.6 cm³/mol. The summed E-state index contributed by atoms with van der Waals surface area (Å²) in [5.41, 5.74) is 6.65. The number of benzene rings is 3. The third-order valence-electron chi connectivity index (χ3n) is 2.83. The summed E-state index contributed by atoms with van der Waals surface area (Å²) in [6.07, 6.45) is 0. The zero-order valence-electron chi connectivity index (χ0n) is 8.57. The Morgan fingerprint density at radius 1 is 0.875 bits per heavy atom. The van der Waals surface area contributed by atoms with Gasteiger partial charge in [0.05, 0.1) is 0 Å². The molecule has 16 heavy (non-hydrogen) atoms. The summed E-state index contributed by atoms with van der Waals surface area (Å²) in [4.78, 5) is 0. The summed E-state index contributed by atoms with van der Waals surface area (Å²) in [6.45, 7) is 0. The summed E-state index contributed by atoms with van der Waals surface area (Å²) in [5, 5.41) is 4.87. The lowest BCUT2D eigenvalue weighted by atomic mass is 10.0. The van der Waals surface area contributed by atoms with Gasteiger partial charge in [-0.15, -0.1) is 0 Å². The first-order chi connectivity index (χ1) is 7.75. The Morgan fingerprint density at radius 2 is 1.62 bits per heavy atom. The van der Waals surface area contributed by atoms with Crippen LogP contribution in [0.1, 0.15) is 0 Å². The van der Waals surface area contributed by atoms with Crippen molar-refractivity contribution in [1.82, 2.24) is 0 Å². The average molecular weight is 272 g/mol. The minimum Gasteiger partial charge on any atom is -0.399 e. The zero-order valence-corrected chi connectivity index (χ0v) is 10.2. The van der Waals surface area contributed by atoms with Crippen molar-refractivity contribution in [3.05, 3.63) is 53.0 Å². The molecule has 0 spiro atoms. The monoisotopic (exact) mass is 271 g/mol. The Bertz CT molecular complexity index is 689. The van der Waals surface area contributed by atoms with E-state index < -0.39 is 0 Å². The van der Waals surface area contributed by atoms with E-state index in [2.05, 4.69) is 46.3 Å². The minimum atomic E-state index is 0.802. The fraction of sp³-hybridized carbons (Fsp3) is 0. The summed E-state index contributed by atoms with van der Waals surface area (Å²) in [5.74, 6) is 0. The number of rotatable bonds is 0. The van der Waals surface area contributed by atoms with Gasteiger partial charge in [0, 0.05) is 15.5 Å². The lowest BCUT2D eigenvalue weighted by Crippen LogP contribution is -1.85. The second-order valence-electron chi connectivity index (χ2n) is 3.88. The SMILES string of the molecule is Nc1ccc2ccc3cccc(Br)c3c2c1. The van der Waals surface area contributed by atoms with Crippen LogP contribution in [0.5, 0.6) is 0 Å². The van der Waals surface area contributed by atoms with E-state index in [1.54, 1.807) is 0 Å². The van der Waals surface area contributed by atoms with Crippen LogP contribution >= 0.6 is 15.9 Å². The summed E-state index contributed by atoms with van der Waals surface area (Å²) in [7, 11) is 0. The van der Waals surface area contributed by atoms with Gasteiger partial charge in [-0.1, -0.05) is 46.3 Å². The number of hydrogen-bond acceptors (Lipinski definition) is 1. The number of nitrogen functional groups attached to an aromatic ring is 1. The van der Waals surface area contributed by atoms with E-state index in [0.717, 1.165) is 10.2 Å². The second kappa shape index (κ2) is 3.49. The maximum absolute atomic E-state index is 5.85. The number of anilines is 1. The topological polar surface area (TPSA) is 26.0 Å². The van der Waals surface area contributed by atoms with Crippen LogP contribution in [-0.4, -0.2) is 0 Å². The van der Waals surface area contributed by atoms with E-state index >= 15 is 0 Å². The molecule has 0 heterocycles. The molecule has 0 aliphatic carbocycles. The van der Waals surface area contributed by atoms with Crippen LogP contribution in [0.4, 0.5) is 5.69 Å². The van der Waals surface area contributed by atoms with E-state index in [1.807, 2.05) is 18.2 Å². The molecular formula is C14H10BrN. The molecule has 2 heteroatoms. The number of hydrogen-bond donors (Lipinski definition) is 1. The van der Waals surface area contributed by atoms with Crippen LogP contribution in [0.25, 0.3) is 21.5 Å². The van der Waals surface area contributed by atoms with Crippen molar-refractivity contribution in [2.75, 3.05) is 5.73 Å². The lowest BCUT2D eigenvalue weighted by molar-refractivity contribution is 1.72. The van der Waals surface area contributed by atoms with Gasteiger partial charge in [0.15, 0.2) is 0 Å². The van der Waals surface area contributed by atoms with Crippen molar-refractivity contribution >= 4 is 43.2 Å². The average Bonchev–Trinajstić information content (AvgIpc) is 2.28. The lowest BCUT2D eigenvalue weighted by Gasteiger charge is -2.06. The zero-order chi connectivity index (χ0) is 11.1. The summed E-state index contributed by atoms with van der Waals surface area (Å²) in [6, 6.07) is 16.5. The second-order valence-corrected chi connectivity index (χ2v) is 4.74. The molecular weight excluding hydrogens is 262 g/mol. The molecule has 0 aliphatic rings. The first-order valence-corrected chi connectivity index (χ1v) is 5.91. The molecule has 0 aliphatic heterocycles. The van der Waals surface area contributed by atoms with E-state index in [9.17, 15) is 0 Å². The molecule has 3 aromatic rings. The first kappa shape index (κ1) is 9.67. The van der Waals surface area contributed by atoms with E-state index in [-0.39, 0.29) is 0 Å². The Kier molecular flexibility index (Phi) is 2.11. The van der Waals surface area contributed by atoms with Gasteiger partial charge in [0.1, 0.15) is 0 Å². The maximum atomic E-state index is 5.85. The van der Waals surface area contributed by atoms with Gasteiger partial charge in [-0.3, -0.25) is 0 Å². The molecule has 78 valence electrons. The molecule has 0 aromatic heterocycles. The third kappa shape index (κ3) is 1.38. The van der Waals surface area contributed by atoms with Crippen molar-refractivity contribution < 1.29 is 0 Å². The highest BCUT2D eigenvalue weighted by molar-refractivity contribution is 9.10. The van der Waals surface area contributed by atoms with Gasteiger partial charge in [-0.05, 0) is 34.4 Å². The van der Waals surface area contributed by atoms with Gasteiger partial charge in [0.25, 0.3) is 0 Å². The van der Waals surface area contributed by atoms with Crippen LogP contribution < -0.4 is 5.73 Å². The van der Waals surface area contributed by atoms with Gasteiger partial charge >= 0.3 is 0 Å². The predicted octanol–water partition coefficient (Wildman–Crippen LogP) is 4.34. The molecule has 3 rings (SSSR count). The van der Waals surface area contributed by atoms with Crippen LogP contribution in [0.15, 0.2) is 53.0 Å². The molecule has 0 saturated carbocycles. The molecule has 0 bridgehead atoms. The van der Waals surface area contributed by atoms with Crippen molar-refractivity contribution in [3.63, 3.8) is 0 Å². The van der Waals surface area contributed by atoms with Crippen molar-refractivity contribution in [3.8, 4) is 0 Å². The largest absolute Gasteiger partial charge is 0.399 e. The van der Waals surface area contributed by atoms with Crippen LogP contribution in [0.2, 0.25) is 0 Å². The number of fused-ring (bicyclic) bond motifs is 3. The molecule has 0 unspecified atom stereocenters. The molecule has 2 N–H and O–H groups in total. The van der Waals surface area contributed by atoms with Crippen LogP contribution in [0.3, 0.4) is 0 Å².